The molecule has 0 aliphatic carbocycles. The van der Waals surface area contributed by atoms with E-state index in [2.05, 4.69) is 12.1 Å². The first-order valence-electron chi connectivity index (χ1n) is 7.06. The Morgan fingerprint density at radius 3 is 1.59 bits per heavy atom. The zero-order valence-electron chi connectivity index (χ0n) is 12.7. The Bertz CT molecular complexity index is 362. The molecule has 0 fully saturated rings. The van der Waals surface area contributed by atoms with E-state index in [1.165, 1.54) is 5.56 Å². The van der Waals surface area contributed by atoms with Gasteiger partial charge in [-0.1, -0.05) is 30.3 Å². The van der Waals surface area contributed by atoms with E-state index < -0.39 is 37.6 Å². The maximum absolute atomic E-state index is 8.96. The van der Waals surface area contributed by atoms with E-state index in [4.69, 9.17) is 36.4 Å². The second-order valence-corrected chi connectivity index (χ2v) is 5.15. The van der Waals surface area contributed by atoms with E-state index >= 15 is 0 Å². The average molecular weight is 317 g/mol. The second-order valence-electron chi connectivity index (χ2n) is 5.15. The molecule has 0 saturated heterocycles. The Kier molecular flexibility index (Phi) is 10.9. The van der Waals surface area contributed by atoms with Crippen LogP contribution < -0.4 is 5.73 Å². The summed E-state index contributed by atoms with van der Waals surface area (Å²) in [6, 6.07) is 10.6. The van der Waals surface area contributed by atoms with Gasteiger partial charge in [0.1, 0.15) is 24.4 Å². The second kappa shape index (κ2) is 11.5. The van der Waals surface area contributed by atoms with Gasteiger partial charge in [-0.15, -0.1) is 0 Å². The van der Waals surface area contributed by atoms with Gasteiger partial charge in [-0.05, 0) is 18.9 Å². The molecule has 1 aromatic rings. The lowest BCUT2D eigenvalue weighted by Crippen LogP contribution is -2.46. The monoisotopic (exact) mass is 317 g/mol. The molecule has 8 N–H and O–H groups in total. The summed E-state index contributed by atoms with van der Waals surface area (Å²) in [5.41, 5.74) is 6.94. The third-order valence-electron chi connectivity index (χ3n) is 2.91. The summed E-state index contributed by atoms with van der Waals surface area (Å²) in [4.78, 5) is 0. The van der Waals surface area contributed by atoms with Crippen molar-refractivity contribution in [2.75, 3.05) is 13.2 Å². The van der Waals surface area contributed by atoms with Crippen molar-refractivity contribution in [2.45, 2.75) is 43.8 Å². The number of rotatable bonds is 7. The summed E-state index contributed by atoms with van der Waals surface area (Å²) in [6.45, 7) is 0.569. The maximum atomic E-state index is 8.96. The highest BCUT2D eigenvalue weighted by molar-refractivity contribution is 5.15. The van der Waals surface area contributed by atoms with Crippen LogP contribution in [0.15, 0.2) is 30.3 Å². The number of benzene rings is 1. The maximum Gasteiger partial charge on any atom is 0.111 e. The van der Waals surface area contributed by atoms with Crippen LogP contribution >= 0.6 is 0 Å². The van der Waals surface area contributed by atoms with Crippen molar-refractivity contribution in [3.8, 4) is 0 Å². The molecule has 128 valence electrons. The first-order valence-corrected chi connectivity index (χ1v) is 7.06. The topological polar surface area (TPSA) is 147 Å². The summed E-state index contributed by atoms with van der Waals surface area (Å²) < 4.78 is 0. The van der Waals surface area contributed by atoms with Gasteiger partial charge < -0.3 is 36.4 Å². The van der Waals surface area contributed by atoms with Crippen LogP contribution in [0.5, 0.6) is 0 Å². The molecular weight excluding hydrogens is 290 g/mol. The van der Waals surface area contributed by atoms with E-state index in [9.17, 15) is 0 Å². The highest BCUT2D eigenvalue weighted by Gasteiger charge is 2.29. The summed E-state index contributed by atoms with van der Waals surface area (Å²) >= 11 is 0. The zero-order valence-corrected chi connectivity index (χ0v) is 12.7. The summed E-state index contributed by atoms with van der Waals surface area (Å²) in [6.07, 6.45) is -5.42. The fourth-order valence-electron chi connectivity index (χ4n) is 1.66. The van der Waals surface area contributed by atoms with E-state index in [0.29, 0.717) is 0 Å². The lowest BCUT2D eigenvalue weighted by molar-refractivity contribution is -0.123. The van der Waals surface area contributed by atoms with Crippen LogP contribution in [0.25, 0.3) is 0 Å². The minimum absolute atomic E-state index is 0.266. The smallest absolute Gasteiger partial charge is 0.111 e. The molecule has 7 heteroatoms. The van der Waals surface area contributed by atoms with Crippen LogP contribution in [0.2, 0.25) is 0 Å². The molecule has 0 bridgehead atoms. The quantitative estimate of drug-likeness (QED) is 0.307. The molecule has 22 heavy (non-hydrogen) atoms. The van der Waals surface area contributed by atoms with Crippen molar-refractivity contribution in [1.82, 2.24) is 0 Å². The first-order chi connectivity index (χ1) is 10.3. The molecule has 0 aliphatic heterocycles. The van der Waals surface area contributed by atoms with E-state index in [1.807, 2.05) is 25.1 Å². The van der Waals surface area contributed by atoms with Gasteiger partial charge in [0.05, 0.1) is 13.2 Å². The Labute approximate surface area is 130 Å². The Balaban J connectivity index is 0.000000406. The van der Waals surface area contributed by atoms with Crippen LogP contribution in [0, 0.1) is 0 Å². The molecule has 7 nitrogen and oxygen atoms in total. The highest BCUT2D eigenvalue weighted by Crippen LogP contribution is 2.04. The standard InChI is InChI=1S/C9H13N.C6H14O6/c1-8(10)7-9-5-3-2-4-6-9;7-1-3(9)5(11)6(12)4(10)2-8/h2-6,8H,7,10H2,1H3;3-12H,1-2H2. The number of nitrogens with two attached hydrogens (primary N) is 1. The third-order valence-corrected chi connectivity index (χ3v) is 2.91. The zero-order chi connectivity index (χ0) is 17.1. The van der Waals surface area contributed by atoms with Crippen molar-refractivity contribution >= 4 is 0 Å². The van der Waals surface area contributed by atoms with Gasteiger partial charge in [-0.25, -0.2) is 0 Å². The van der Waals surface area contributed by atoms with Gasteiger partial charge in [0.15, 0.2) is 0 Å². The van der Waals surface area contributed by atoms with Gasteiger partial charge in [0.2, 0.25) is 0 Å². The number of hydrogen-bond donors (Lipinski definition) is 7. The Hall–Kier alpha value is -1.06. The van der Waals surface area contributed by atoms with Crippen molar-refractivity contribution in [1.29, 1.82) is 0 Å². The number of aliphatic hydroxyl groups is 6. The minimum atomic E-state index is -1.67. The SMILES string of the molecule is CC(N)Cc1ccccc1.OCC(O)C(O)C(O)C(O)CO. The van der Waals surface area contributed by atoms with Crippen LogP contribution in [0.4, 0.5) is 0 Å². The lowest BCUT2D eigenvalue weighted by Gasteiger charge is -2.24. The summed E-state index contributed by atoms with van der Waals surface area (Å²) in [5, 5.41) is 52.2. The molecule has 0 radical (unpaired) electrons. The van der Waals surface area contributed by atoms with Gasteiger partial charge in [0, 0.05) is 6.04 Å². The van der Waals surface area contributed by atoms with Crippen molar-refractivity contribution < 1.29 is 30.6 Å². The molecule has 5 unspecified atom stereocenters. The molecule has 0 spiro atoms. The van der Waals surface area contributed by atoms with Gasteiger partial charge >= 0.3 is 0 Å². The Morgan fingerprint density at radius 1 is 0.864 bits per heavy atom. The molecule has 0 aliphatic rings. The predicted octanol–water partition coefficient (Wildman–Crippen LogP) is -2.01. The summed E-state index contributed by atoms with van der Waals surface area (Å²) in [7, 11) is 0. The normalized spacial score (nSPS) is 17.6. The fraction of sp³-hybridized carbons (Fsp3) is 0.600. The molecule has 1 rings (SSSR count). The van der Waals surface area contributed by atoms with E-state index in [0.717, 1.165) is 6.42 Å². The van der Waals surface area contributed by atoms with Crippen LogP contribution in [0.1, 0.15) is 12.5 Å². The van der Waals surface area contributed by atoms with E-state index in [1.54, 1.807) is 0 Å². The van der Waals surface area contributed by atoms with Crippen molar-refractivity contribution in [2.24, 2.45) is 5.73 Å². The van der Waals surface area contributed by atoms with Gasteiger partial charge in [0.25, 0.3) is 0 Å². The first kappa shape index (κ1) is 20.9. The van der Waals surface area contributed by atoms with Gasteiger partial charge in [-0.2, -0.15) is 0 Å². The molecule has 0 saturated carbocycles. The molecule has 0 heterocycles. The lowest BCUT2D eigenvalue weighted by atomic mass is 10.0. The Morgan fingerprint density at radius 2 is 1.27 bits per heavy atom. The molecule has 5 atom stereocenters. The predicted molar refractivity (Wildman–Crippen MR) is 82.0 cm³/mol. The number of hydrogen-bond acceptors (Lipinski definition) is 7. The molecule has 0 amide bonds. The molecule has 1 aromatic carbocycles. The average Bonchev–Trinajstić information content (AvgIpc) is 2.52. The summed E-state index contributed by atoms with van der Waals surface area (Å²) in [5.74, 6) is 0. The van der Waals surface area contributed by atoms with Crippen molar-refractivity contribution in [3.05, 3.63) is 35.9 Å². The number of aliphatic hydroxyl groups excluding tert-OH is 6. The minimum Gasteiger partial charge on any atom is -0.394 e. The highest BCUT2D eigenvalue weighted by atomic mass is 16.4. The van der Waals surface area contributed by atoms with Crippen LogP contribution in [0.3, 0.4) is 0 Å². The van der Waals surface area contributed by atoms with Crippen LogP contribution in [-0.4, -0.2) is 74.3 Å². The molecular formula is C15H27NO6. The van der Waals surface area contributed by atoms with Crippen molar-refractivity contribution in [3.63, 3.8) is 0 Å². The third kappa shape index (κ3) is 8.40. The van der Waals surface area contributed by atoms with Crippen LogP contribution in [-0.2, 0) is 6.42 Å². The largest absolute Gasteiger partial charge is 0.394 e. The molecule has 0 aromatic heterocycles. The van der Waals surface area contributed by atoms with E-state index in [-0.39, 0.29) is 6.04 Å². The van der Waals surface area contributed by atoms with Gasteiger partial charge in [-0.3, -0.25) is 0 Å². The fourth-order valence-corrected chi connectivity index (χ4v) is 1.66.